The minimum Gasteiger partial charge on any atom is -0.494 e. The Balaban J connectivity index is 1.70. The molecule has 40 heavy (non-hydrogen) atoms. The fraction of sp³-hybridized carbons (Fsp3) is 0.556. The maximum absolute atomic E-state index is 13.8. The summed E-state index contributed by atoms with van der Waals surface area (Å²) in [5.41, 5.74) is 1.44. The van der Waals surface area contributed by atoms with Crippen LogP contribution in [0.25, 0.3) is 5.69 Å². The van der Waals surface area contributed by atoms with Crippen LogP contribution in [0.5, 0.6) is 11.5 Å². The molecule has 0 saturated carbocycles. The fourth-order valence-electron chi connectivity index (χ4n) is 4.80. The van der Waals surface area contributed by atoms with Crippen molar-refractivity contribution < 1.29 is 22.6 Å². The second-order valence-electron chi connectivity index (χ2n) is 10.1. The number of likely N-dealkylation sites (N-methyl/N-ethyl adjacent to an activating group) is 1. The van der Waals surface area contributed by atoms with Crippen molar-refractivity contribution in [3.05, 3.63) is 53.6 Å². The van der Waals surface area contributed by atoms with E-state index in [2.05, 4.69) is 37.0 Å². The molecule has 12 nitrogen and oxygen atoms in total. The van der Waals surface area contributed by atoms with E-state index in [-0.39, 0.29) is 11.6 Å². The van der Waals surface area contributed by atoms with Gasteiger partial charge in [0, 0.05) is 58.6 Å². The molecule has 0 aliphatic carbocycles. The normalized spacial score (nSPS) is 16.6. The number of piperazine rings is 1. The van der Waals surface area contributed by atoms with Gasteiger partial charge in [-0.3, -0.25) is 4.57 Å². The number of benzene rings is 1. The minimum absolute atomic E-state index is 0.266. The van der Waals surface area contributed by atoms with Crippen LogP contribution in [0.3, 0.4) is 0 Å². The van der Waals surface area contributed by atoms with E-state index in [0.29, 0.717) is 35.3 Å². The Morgan fingerprint density at radius 3 is 2.12 bits per heavy atom. The van der Waals surface area contributed by atoms with Gasteiger partial charge in [0.05, 0.1) is 19.5 Å². The van der Waals surface area contributed by atoms with E-state index < -0.39 is 21.2 Å². The minimum atomic E-state index is -3.81. The topological polar surface area (TPSA) is 125 Å². The van der Waals surface area contributed by atoms with Crippen LogP contribution in [-0.4, -0.2) is 109 Å². The highest BCUT2D eigenvalue weighted by atomic mass is 32.2. The van der Waals surface area contributed by atoms with Crippen LogP contribution in [-0.2, 0) is 26.7 Å². The lowest BCUT2D eigenvalue weighted by molar-refractivity contribution is 0.0947. The lowest BCUT2D eigenvalue weighted by Crippen LogP contribution is -2.45. The van der Waals surface area contributed by atoms with Crippen molar-refractivity contribution in [1.29, 1.82) is 0 Å². The van der Waals surface area contributed by atoms with Gasteiger partial charge in [0.2, 0.25) is 0 Å². The van der Waals surface area contributed by atoms with E-state index in [1.807, 2.05) is 13.0 Å². The number of rotatable bonds is 12. The highest BCUT2D eigenvalue weighted by Gasteiger charge is 2.35. The summed E-state index contributed by atoms with van der Waals surface area (Å²) < 4.78 is 46.3. The maximum atomic E-state index is 13.8. The van der Waals surface area contributed by atoms with Gasteiger partial charge < -0.3 is 24.0 Å². The van der Waals surface area contributed by atoms with Gasteiger partial charge in [0.15, 0.2) is 21.5 Å². The van der Waals surface area contributed by atoms with Crippen LogP contribution in [0, 0.1) is 6.92 Å². The van der Waals surface area contributed by atoms with Gasteiger partial charge in [0.1, 0.15) is 34.9 Å². The predicted octanol–water partition coefficient (Wildman–Crippen LogP) is 1.86. The number of hydrogen-bond donors (Lipinski definition) is 0. The quantitative estimate of drug-likeness (QED) is 0.315. The molecule has 3 heterocycles. The molecule has 1 saturated heterocycles. The number of para-hydroxylation sites is 1. The Labute approximate surface area is 236 Å². The lowest BCUT2D eigenvalue weighted by atomic mass is 10.2. The summed E-state index contributed by atoms with van der Waals surface area (Å²) in [7, 11) is 2.90. The Hall–Kier alpha value is -3.13. The highest BCUT2D eigenvalue weighted by molar-refractivity contribution is 7.91. The molecule has 13 heteroatoms. The van der Waals surface area contributed by atoms with E-state index in [9.17, 15) is 8.42 Å². The van der Waals surface area contributed by atoms with Crippen molar-refractivity contribution in [3.8, 4) is 17.2 Å². The molecule has 1 aromatic carbocycles. The summed E-state index contributed by atoms with van der Waals surface area (Å²) in [6.45, 7) is 8.15. The predicted molar refractivity (Wildman–Crippen MR) is 151 cm³/mol. The van der Waals surface area contributed by atoms with Gasteiger partial charge in [-0.1, -0.05) is 6.07 Å². The number of methoxy groups -OCH3 is 3. The SMILES string of the molecule is COc1cccc(OC)c1-n1c(CCN2CCN(C)CC2)nnc1CS(=O)(=O)[C@@H](C)[C@H](OC)c1ncc(C)cn1. The van der Waals surface area contributed by atoms with E-state index >= 15 is 0 Å². The van der Waals surface area contributed by atoms with E-state index in [4.69, 9.17) is 14.2 Å². The van der Waals surface area contributed by atoms with Gasteiger partial charge in [-0.25, -0.2) is 18.4 Å². The van der Waals surface area contributed by atoms with Crippen molar-refractivity contribution in [1.82, 2.24) is 34.5 Å². The van der Waals surface area contributed by atoms with Crippen LogP contribution >= 0.6 is 0 Å². The van der Waals surface area contributed by atoms with Crippen LogP contribution < -0.4 is 9.47 Å². The first-order valence-electron chi connectivity index (χ1n) is 13.3. The van der Waals surface area contributed by atoms with Gasteiger partial charge in [-0.15, -0.1) is 10.2 Å². The first-order chi connectivity index (χ1) is 19.2. The fourth-order valence-corrected chi connectivity index (χ4v) is 6.22. The molecule has 0 radical (unpaired) electrons. The summed E-state index contributed by atoms with van der Waals surface area (Å²) in [5, 5.41) is 7.90. The lowest BCUT2D eigenvalue weighted by Gasteiger charge is -2.32. The average Bonchev–Trinajstić information content (AvgIpc) is 3.34. The summed E-state index contributed by atoms with van der Waals surface area (Å²) in [6, 6.07) is 5.43. The van der Waals surface area contributed by atoms with Crippen molar-refractivity contribution >= 4 is 9.84 Å². The summed E-state index contributed by atoms with van der Waals surface area (Å²) in [4.78, 5) is 13.3. The standard InChI is InChI=1S/C27H39N7O5S/c1-19-16-28-27(29-17-19)26(39-6)20(2)40(35,36)18-24-31-30-23(10-11-33-14-12-32(3)13-15-33)34(24)25-21(37-4)8-7-9-22(25)38-5/h7-9,16-17,20,26H,10-15,18H2,1-6H3/t20-,26-/m0/s1. The zero-order valence-corrected chi connectivity index (χ0v) is 24.9. The number of ether oxygens (including phenoxy) is 3. The molecule has 2 atom stereocenters. The molecule has 0 unspecified atom stereocenters. The van der Waals surface area contributed by atoms with Gasteiger partial charge in [-0.2, -0.15) is 0 Å². The monoisotopic (exact) mass is 573 g/mol. The average molecular weight is 574 g/mol. The molecule has 218 valence electrons. The third-order valence-corrected chi connectivity index (χ3v) is 9.34. The van der Waals surface area contributed by atoms with Crippen LogP contribution in [0.4, 0.5) is 0 Å². The van der Waals surface area contributed by atoms with E-state index in [1.165, 1.54) is 7.11 Å². The van der Waals surface area contributed by atoms with Gasteiger partial charge >= 0.3 is 0 Å². The largest absolute Gasteiger partial charge is 0.494 e. The molecule has 0 amide bonds. The Morgan fingerprint density at radius 2 is 1.55 bits per heavy atom. The summed E-state index contributed by atoms with van der Waals surface area (Å²) >= 11 is 0. The second-order valence-corrected chi connectivity index (χ2v) is 12.4. The summed E-state index contributed by atoms with van der Waals surface area (Å²) in [5.74, 6) is 1.88. The first kappa shape index (κ1) is 29.8. The summed E-state index contributed by atoms with van der Waals surface area (Å²) in [6.07, 6.45) is 3.01. The van der Waals surface area contributed by atoms with Gasteiger partial charge in [0.25, 0.3) is 0 Å². The second kappa shape index (κ2) is 13.0. The van der Waals surface area contributed by atoms with E-state index in [1.54, 1.807) is 50.2 Å². The van der Waals surface area contributed by atoms with Gasteiger partial charge in [-0.05, 0) is 38.6 Å². The smallest absolute Gasteiger partial charge is 0.163 e. The van der Waals surface area contributed by atoms with Crippen LogP contribution in [0.15, 0.2) is 30.6 Å². The third kappa shape index (κ3) is 6.60. The first-order valence-corrected chi connectivity index (χ1v) is 15.0. The number of sulfone groups is 1. The molecular weight excluding hydrogens is 534 g/mol. The zero-order valence-electron chi connectivity index (χ0n) is 24.1. The molecular formula is C27H39N7O5S. The molecule has 2 aromatic heterocycles. The van der Waals surface area contributed by atoms with Crippen molar-refractivity contribution in [3.63, 3.8) is 0 Å². The Kier molecular flexibility index (Phi) is 9.72. The Bertz CT molecular complexity index is 1350. The molecule has 0 N–H and O–H groups in total. The maximum Gasteiger partial charge on any atom is 0.163 e. The molecule has 1 aliphatic heterocycles. The molecule has 4 rings (SSSR count). The number of nitrogens with zero attached hydrogens (tertiary/aromatic N) is 7. The molecule has 3 aromatic rings. The van der Waals surface area contributed by atoms with Crippen molar-refractivity contribution in [2.24, 2.45) is 0 Å². The number of aryl methyl sites for hydroxylation is 1. The molecule has 0 bridgehead atoms. The Morgan fingerprint density at radius 1 is 0.950 bits per heavy atom. The molecule has 1 fully saturated rings. The van der Waals surface area contributed by atoms with Crippen LogP contribution in [0.1, 0.15) is 36.1 Å². The zero-order chi connectivity index (χ0) is 28.9. The third-order valence-electron chi connectivity index (χ3n) is 7.30. The molecule has 1 aliphatic rings. The van der Waals surface area contributed by atoms with Crippen molar-refractivity contribution in [2.75, 3.05) is 61.1 Å². The van der Waals surface area contributed by atoms with E-state index in [0.717, 1.165) is 38.3 Å². The van der Waals surface area contributed by atoms with Crippen molar-refractivity contribution in [2.45, 2.75) is 37.4 Å². The highest BCUT2D eigenvalue weighted by Crippen LogP contribution is 2.35. The number of hydrogen-bond acceptors (Lipinski definition) is 11. The van der Waals surface area contributed by atoms with Crippen LogP contribution in [0.2, 0.25) is 0 Å². The molecule has 0 spiro atoms. The number of aromatic nitrogens is 5.